The van der Waals surface area contributed by atoms with Gasteiger partial charge in [-0.1, -0.05) is 13.8 Å². The Kier molecular flexibility index (Phi) is 3.55. The van der Waals surface area contributed by atoms with E-state index in [1.807, 2.05) is 7.05 Å². The van der Waals surface area contributed by atoms with Gasteiger partial charge in [-0.2, -0.15) is 0 Å². The quantitative estimate of drug-likeness (QED) is 0.754. The molecule has 1 unspecified atom stereocenters. The molecular formula is C11H20N2. The first-order chi connectivity index (χ1) is 6.08. The Morgan fingerprint density at radius 3 is 2.62 bits per heavy atom. The van der Waals surface area contributed by atoms with Crippen LogP contribution >= 0.6 is 0 Å². The van der Waals surface area contributed by atoms with E-state index in [9.17, 15) is 0 Å². The Morgan fingerprint density at radius 2 is 2.15 bits per heavy atom. The van der Waals surface area contributed by atoms with Crippen LogP contribution in [0.4, 0.5) is 0 Å². The minimum absolute atomic E-state index is 0.308. The third-order valence-corrected chi connectivity index (χ3v) is 2.17. The molecule has 2 heteroatoms. The smallest absolute Gasteiger partial charge is 0.0106 e. The topological polar surface area (TPSA) is 30.9 Å². The van der Waals surface area contributed by atoms with E-state index in [-0.39, 0.29) is 0 Å². The van der Waals surface area contributed by atoms with Crippen molar-refractivity contribution in [3.8, 4) is 0 Å². The molecule has 1 rings (SSSR count). The highest BCUT2D eigenvalue weighted by Crippen LogP contribution is 2.09. The third kappa shape index (κ3) is 3.64. The first-order valence-corrected chi connectivity index (χ1v) is 4.94. The van der Waals surface area contributed by atoms with Gasteiger partial charge in [-0.25, -0.2) is 0 Å². The minimum Gasteiger partial charge on any atom is -0.357 e. The monoisotopic (exact) mass is 180 g/mol. The van der Waals surface area contributed by atoms with Crippen LogP contribution in [0.25, 0.3) is 0 Å². The second-order valence-corrected chi connectivity index (χ2v) is 4.28. The van der Waals surface area contributed by atoms with E-state index in [2.05, 4.69) is 36.9 Å². The standard InChI is InChI=1S/C11H20N2/c1-9(2)6-11(12)7-10-4-5-13(3)8-10/h4-5,8-9,11H,6-7,12H2,1-3H3. The summed E-state index contributed by atoms with van der Waals surface area (Å²) in [5, 5.41) is 0. The molecule has 0 aliphatic carbocycles. The molecule has 0 saturated heterocycles. The van der Waals surface area contributed by atoms with Crippen LogP contribution in [0.2, 0.25) is 0 Å². The maximum atomic E-state index is 6.01. The van der Waals surface area contributed by atoms with Gasteiger partial charge in [0.1, 0.15) is 0 Å². The van der Waals surface area contributed by atoms with Crippen LogP contribution in [0.3, 0.4) is 0 Å². The molecule has 2 N–H and O–H groups in total. The van der Waals surface area contributed by atoms with Crippen LogP contribution in [-0.2, 0) is 13.5 Å². The number of nitrogens with two attached hydrogens (primary N) is 1. The Hall–Kier alpha value is -0.760. The number of aryl methyl sites for hydroxylation is 1. The van der Waals surface area contributed by atoms with Crippen molar-refractivity contribution in [3.63, 3.8) is 0 Å². The molecule has 0 fully saturated rings. The van der Waals surface area contributed by atoms with E-state index < -0.39 is 0 Å². The highest BCUT2D eigenvalue weighted by Gasteiger charge is 2.06. The number of aromatic nitrogens is 1. The lowest BCUT2D eigenvalue weighted by Gasteiger charge is -2.12. The van der Waals surface area contributed by atoms with Crippen molar-refractivity contribution in [2.45, 2.75) is 32.7 Å². The first-order valence-electron chi connectivity index (χ1n) is 4.94. The second-order valence-electron chi connectivity index (χ2n) is 4.28. The fraction of sp³-hybridized carbons (Fsp3) is 0.636. The minimum atomic E-state index is 0.308. The van der Waals surface area contributed by atoms with E-state index in [0.717, 1.165) is 12.8 Å². The zero-order valence-electron chi connectivity index (χ0n) is 8.83. The molecule has 0 aliphatic rings. The zero-order chi connectivity index (χ0) is 9.84. The van der Waals surface area contributed by atoms with Gasteiger partial charge in [0, 0.05) is 25.5 Å². The molecule has 13 heavy (non-hydrogen) atoms. The summed E-state index contributed by atoms with van der Waals surface area (Å²) in [7, 11) is 2.04. The predicted molar refractivity (Wildman–Crippen MR) is 56.5 cm³/mol. The largest absolute Gasteiger partial charge is 0.357 e. The van der Waals surface area contributed by atoms with E-state index in [4.69, 9.17) is 5.73 Å². The van der Waals surface area contributed by atoms with Crippen LogP contribution in [0.1, 0.15) is 25.8 Å². The first kappa shape index (κ1) is 10.3. The van der Waals surface area contributed by atoms with Crippen molar-refractivity contribution in [1.82, 2.24) is 4.57 Å². The summed E-state index contributed by atoms with van der Waals surface area (Å²) in [5.74, 6) is 0.693. The van der Waals surface area contributed by atoms with E-state index in [1.54, 1.807) is 0 Å². The summed E-state index contributed by atoms with van der Waals surface area (Å²) in [6.07, 6.45) is 6.31. The maximum Gasteiger partial charge on any atom is 0.0106 e. The molecular weight excluding hydrogens is 160 g/mol. The van der Waals surface area contributed by atoms with E-state index in [1.165, 1.54) is 5.56 Å². The molecule has 1 aromatic rings. The number of nitrogens with zero attached hydrogens (tertiary/aromatic N) is 1. The number of hydrogen-bond acceptors (Lipinski definition) is 1. The molecule has 0 radical (unpaired) electrons. The molecule has 0 amide bonds. The van der Waals surface area contributed by atoms with Crippen LogP contribution in [0.15, 0.2) is 18.5 Å². The Balaban J connectivity index is 2.40. The highest BCUT2D eigenvalue weighted by atomic mass is 14.9. The average Bonchev–Trinajstić information content (AvgIpc) is 2.33. The Bertz CT molecular complexity index is 250. The lowest BCUT2D eigenvalue weighted by atomic mass is 10.00. The van der Waals surface area contributed by atoms with E-state index >= 15 is 0 Å². The molecule has 0 aliphatic heterocycles. The molecule has 74 valence electrons. The summed E-state index contributed by atoms with van der Waals surface area (Å²) < 4.78 is 2.07. The van der Waals surface area contributed by atoms with Gasteiger partial charge in [-0.15, -0.1) is 0 Å². The van der Waals surface area contributed by atoms with Gasteiger partial charge in [0.2, 0.25) is 0 Å². The predicted octanol–water partition coefficient (Wildman–Crippen LogP) is 1.94. The molecule has 2 nitrogen and oxygen atoms in total. The molecule has 0 saturated carbocycles. The van der Waals surface area contributed by atoms with Crippen molar-refractivity contribution < 1.29 is 0 Å². The van der Waals surface area contributed by atoms with Gasteiger partial charge >= 0.3 is 0 Å². The van der Waals surface area contributed by atoms with Gasteiger partial charge in [-0.05, 0) is 30.4 Å². The summed E-state index contributed by atoms with van der Waals surface area (Å²) >= 11 is 0. The summed E-state index contributed by atoms with van der Waals surface area (Å²) in [6.45, 7) is 4.43. The lowest BCUT2D eigenvalue weighted by molar-refractivity contribution is 0.493. The maximum absolute atomic E-state index is 6.01. The molecule has 0 spiro atoms. The molecule has 1 heterocycles. The Labute approximate surface area is 80.7 Å². The second kappa shape index (κ2) is 4.47. The highest BCUT2D eigenvalue weighted by molar-refractivity contribution is 5.11. The van der Waals surface area contributed by atoms with E-state index in [0.29, 0.717) is 12.0 Å². The van der Waals surface area contributed by atoms with Crippen molar-refractivity contribution in [2.75, 3.05) is 0 Å². The lowest BCUT2D eigenvalue weighted by Crippen LogP contribution is -2.24. The number of hydrogen-bond donors (Lipinski definition) is 1. The molecule has 0 aromatic carbocycles. The van der Waals surface area contributed by atoms with Gasteiger partial charge in [0.15, 0.2) is 0 Å². The van der Waals surface area contributed by atoms with Crippen molar-refractivity contribution in [2.24, 2.45) is 18.7 Å². The summed E-state index contributed by atoms with van der Waals surface area (Å²) in [4.78, 5) is 0. The van der Waals surface area contributed by atoms with Crippen LogP contribution in [-0.4, -0.2) is 10.6 Å². The van der Waals surface area contributed by atoms with Crippen LogP contribution in [0.5, 0.6) is 0 Å². The normalized spacial score (nSPS) is 13.6. The van der Waals surface area contributed by atoms with Gasteiger partial charge in [0.25, 0.3) is 0 Å². The SMILES string of the molecule is CC(C)CC(N)Cc1ccn(C)c1. The van der Waals surface area contributed by atoms with Gasteiger partial charge in [-0.3, -0.25) is 0 Å². The number of rotatable bonds is 4. The fourth-order valence-electron chi connectivity index (χ4n) is 1.67. The zero-order valence-corrected chi connectivity index (χ0v) is 8.83. The Morgan fingerprint density at radius 1 is 1.46 bits per heavy atom. The van der Waals surface area contributed by atoms with Crippen LogP contribution in [0, 0.1) is 5.92 Å². The van der Waals surface area contributed by atoms with Crippen molar-refractivity contribution in [1.29, 1.82) is 0 Å². The van der Waals surface area contributed by atoms with Crippen molar-refractivity contribution >= 4 is 0 Å². The fourth-order valence-corrected chi connectivity index (χ4v) is 1.67. The summed E-state index contributed by atoms with van der Waals surface area (Å²) in [6, 6.07) is 2.45. The third-order valence-electron chi connectivity index (χ3n) is 2.17. The summed E-state index contributed by atoms with van der Waals surface area (Å²) in [5.41, 5.74) is 7.35. The molecule has 1 aromatic heterocycles. The van der Waals surface area contributed by atoms with Gasteiger partial charge < -0.3 is 10.3 Å². The van der Waals surface area contributed by atoms with Crippen LogP contribution < -0.4 is 5.73 Å². The van der Waals surface area contributed by atoms with Crippen molar-refractivity contribution in [3.05, 3.63) is 24.0 Å². The average molecular weight is 180 g/mol. The molecule has 1 atom stereocenters. The van der Waals surface area contributed by atoms with Gasteiger partial charge in [0.05, 0.1) is 0 Å². The molecule has 0 bridgehead atoms.